The number of nitrogens with one attached hydrogen (secondary N) is 2. The molecule has 0 radical (unpaired) electrons. The number of carboxylic acids is 1. The van der Waals surface area contributed by atoms with E-state index in [-0.39, 0.29) is 18.2 Å². The molecule has 1 rings (SSSR count). The highest BCUT2D eigenvalue weighted by atomic mass is 16.4. The highest BCUT2D eigenvalue weighted by molar-refractivity contribution is 5.90. The van der Waals surface area contributed by atoms with Crippen LogP contribution in [0.15, 0.2) is 6.33 Å². The Bertz CT molecular complexity index is 378. The third-order valence-corrected chi connectivity index (χ3v) is 2.81. The lowest BCUT2D eigenvalue weighted by molar-refractivity contribution is -0.137. The highest BCUT2D eigenvalue weighted by Gasteiger charge is 2.11. The van der Waals surface area contributed by atoms with E-state index in [9.17, 15) is 9.59 Å². The van der Waals surface area contributed by atoms with Crippen LogP contribution in [-0.4, -0.2) is 38.7 Å². The number of carbonyl (C=O) groups excluding carboxylic acids is 1. The molecular weight excluding hydrogens is 236 g/mol. The van der Waals surface area contributed by atoms with Crippen LogP contribution in [0, 0.1) is 5.92 Å². The lowest BCUT2D eigenvalue weighted by Crippen LogP contribution is -2.27. The second-order valence-electron chi connectivity index (χ2n) is 4.09. The Hall–Kier alpha value is -1.92. The monoisotopic (exact) mass is 254 g/mol. The maximum atomic E-state index is 11.5. The molecule has 100 valence electrons. The fourth-order valence-electron chi connectivity index (χ4n) is 1.67. The second kappa shape index (κ2) is 7.41. The van der Waals surface area contributed by atoms with Crippen molar-refractivity contribution in [2.75, 3.05) is 6.54 Å². The van der Waals surface area contributed by atoms with Crippen molar-refractivity contribution in [2.24, 2.45) is 5.92 Å². The molecule has 7 heteroatoms. The van der Waals surface area contributed by atoms with Gasteiger partial charge in [-0.05, 0) is 18.8 Å². The summed E-state index contributed by atoms with van der Waals surface area (Å²) < 4.78 is 0. The van der Waals surface area contributed by atoms with Crippen LogP contribution in [0.25, 0.3) is 0 Å². The summed E-state index contributed by atoms with van der Waals surface area (Å²) in [7, 11) is 0. The number of carbonyl (C=O) groups is 2. The lowest BCUT2D eigenvalue weighted by atomic mass is 9.97. The first kappa shape index (κ1) is 14.1. The molecule has 0 saturated heterocycles. The van der Waals surface area contributed by atoms with Gasteiger partial charge in [-0.3, -0.25) is 14.7 Å². The molecule has 3 N–H and O–H groups in total. The summed E-state index contributed by atoms with van der Waals surface area (Å²) in [5.41, 5.74) is 0. The number of carboxylic acid groups (broad SMARTS) is 1. The molecule has 1 atom stereocenters. The van der Waals surface area contributed by atoms with Crippen LogP contribution < -0.4 is 5.32 Å². The maximum absolute atomic E-state index is 11.5. The van der Waals surface area contributed by atoms with Crippen molar-refractivity contribution in [1.82, 2.24) is 20.5 Å². The Morgan fingerprint density at radius 2 is 2.28 bits per heavy atom. The van der Waals surface area contributed by atoms with Gasteiger partial charge in [0, 0.05) is 13.0 Å². The van der Waals surface area contributed by atoms with Gasteiger partial charge in [0.15, 0.2) is 0 Å². The normalized spacial score (nSPS) is 12.1. The molecule has 18 heavy (non-hydrogen) atoms. The molecule has 1 aromatic rings. The number of aromatic nitrogens is 3. The van der Waals surface area contributed by atoms with Crippen LogP contribution in [0.3, 0.4) is 0 Å². The Labute approximate surface area is 105 Å². The number of H-pyrrole nitrogens is 1. The van der Waals surface area contributed by atoms with E-state index in [4.69, 9.17) is 5.11 Å². The van der Waals surface area contributed by atoms with Crippen LogP contribution in [-0.2, 0) is 4.79 Å². The van der Waals surface area contributed by atoms with Crippen molar-refractivity contribution in [1.29, 1.82) is 0 Å². The minimum atomic E-state index is -0.779. The van der Waals surface area contributed by atoms with Crippen LogP contribution in [0.2, 0.25) is 0 Å². The average Bonchev–Trinajstić information content (AvgIpc) is 2.86. The van der Waals surface area contributed by atoms with Gasteiger partial charge in [0.2, 0.25) is 5.82 Å². The standard InChI is InChI=1S/C11H18N4O3/c1-2-8(3-4-9(16)17)5-6-12-11(18)10-13-7-14-15-10/h7-8H,2-6H2,1H3,(H,12,18)(H,16,17)(H,13,14,15). The van der Waals surface area contributed by atoms with E-state index < -0.39 is 5.97 Å². The zero-order valence-electron chi connectivity index (χ0n) is 10.3. The summed E-state index contributed by atoms with van der Waals surface area (Å²) in [6.07, 6.45) is 3.77. The number of hydrogen-bond acceptors (Lipinski definition) is 4. The third kappa shape index (κ3) is 4.94. The van der Waals surface area contributed by atoms with Gasteiger partial charge in [0.25, 0.3) is 5.91 Å². The Morgan fingerprint density at radius 3 is 2.83 bits per heavy atom. The number of amides is 1. The molecule has 0 aromatic carbocycles. The largest absolute Gasteiger partial charge is 0.481 e. The van der Waals surface area contributed by atoms with Gasteiger partial charge in [-0.1, -0.05) is 13.3 Å². The summed E-state index contributed by atoms with van der Waals surface area (Å²) in [6.45, 7) is 2.53. The van der Waals surface area contributed by atoms with E-state index in [0.717, 1.165) is 12.8 Å². The molecule has 0 fully saturated rings. The molecule has 0 aliphatic rings. The van der Waals surface area contributed by atoms with Crippen molar-refractivity contribution >= 4 is 11.9 Å². The number of aliphatic carboxylic acids is 1. The van der Waals surface area contributed by atoms with Crippen molar-refractivity contribution < 1.29 is 14.7 Å². The molecule has 7 nitrogen and oxygen atoms in total. The highest BCUT2D eigenvalue weighted by Crippen LogP contribution is 2.14. The van der Waals surface area contributed by atoms with Crippen LogP contribution >= 0.6 is 0 Å². The predicted molar refractivity (Wildman–Crippen MR) is 64.0 cm³/mol. The first-order valence-corrected chi connectivity index (χ1v) is 5.98. The fraction of sp³-hybridized carbons (Fsp3) is 0.636. The fourth-order valence-corrected chi connectivity index (χ4v) is 1.67. The predicted octanol–water partition coefficient (Wildman–Crippen LogP) is 0.816. The molecule has 1 unspecified atom stereocenters. The molecule has 1 amide bonds. The summed E-state index contributed by atoms with van der Waals surface area (Å²) in [6, 6.07) is 0. The van der Waals surface area contributed by atoms with Gasteiger partial charge >= 0.3 is 5.97 Å². The summed E-state index contributed by atoms with van der Waals surface area (Å²) in [5, 5.41) is 17.4. The van der Waals surface area contributed by atoms with Crippen LogP contribution in [0.1, 0.15) is 43.2 Å². The quantitative estimate of drug-likeness (QED) is 0.636. The molecule has 0 aliphatic heterocycles. The summed E-state index contributed by atoms with van der Waals surface area (Å²) in [4.78, 5) is 25.7. The maximum Gasteiger partial charge on any atom is 0.303 e. The SMILES string of the molecule is CCC(CCNC(=O)c1ncn[nH]1)CCC(=O)O. The minimum absolute atomic E-state index is 0.175. The van der Waals surface area contributed by atoms with Crippen molar-refractivity contribution in [3.05, 3.63) is 12.2 Å². The van der Waals surface area contributed by atoms with E-state index in [0.29, 0.717) is 18.9 Å². The van der Waals surface area contributed by atoms with E-state index in [1.807, 2.05) is 6.92 Å². The van der Waals surface area contributed by atoms with Crippen molar-refractivity contribution in [3.8, 4) is 0 Å². The number of nitrogens with zero attached hydrogens (tertiary/aromatic N) is 2. The zero-order valence-corrected chi connectivity index (χ0v) is 10.3. The van der Waals surface area contributed by atoms with Gasteiger partial charge in [0.05, 0.1) is 0 Å². The minimum Gasteiger partial charge on any atom is -0.481 e. The van der Waals surface area contributed by atoms with Gasteiger partial charge in [-0.2, -0.15) is 5.10 Å². The molecule has 0 aliphatic carbocycles. The Balaban J connectivity index is 2.22. The number of hydrogen-bond donors (Lipinski definition) is 3. The van der Waals surface area contributed by atoms with E-state index in [1.54, 1.807) is 0 Å². The zero-order chi connectivity index (χ0) is 13.4. The van der Waals surface area contributed by atoms with Crippen LogP contribution in [0.5, 0.6) is 0 Å². The van der Waals surface area contributed by atoms with Crippen molar-refractivity contribution in [3.63, 3.8) is 0 Å². The van der Waals surface area contributed by atoms with Crippen LogP contribution in [0.4, 0.5) is 0 Å². The van der Waals surface area contributed by atoms with Gasteiger partial charge in [0.1, 0.15) is 6.33 Å². The average molecular weight is 254 g/mol. The summed E-state index contributed by atoms with van der Waals surface area (Å²) >= 11 is 0. The van der Waals surface area contributed by atoms with E-state index in [2.05, 4.69) is 20.5 Å². The topological polar surface area (TPSA) is 108 Å². The second-order valence-corrected chi connectivity index (χ2v) is 4.09. The Morgan fingerprint density at radius 1 is 1.50 bits per heavy atom. The first-order chi connectivity index (χ1) is 8.63. The van der Waals surface area contributed by atoms with Gasteiger partial charge < -0.3 is 10.4 Å². The van der Waals surface area contributed by atoms with E-state index >= 15 is 0 Å². The summed E-state index contributed by atoms with van der Waals surface area (Å²) in [5.74, 6) is -0.565. The number of aromatic amines is 1. The smallest absolute Gasteiger partial charge is 0.303 e. The molecule has 0 saturated carbocycles. The van der Waals surface area contributed by atoms with E-state index in [1.165, 1.54) is 6.33 Å². The third-order valence-electron chi connectivity index (χ3n) is 2.81. The Kier molecular flexibility index (Phi) is 5.83. The van der Waals surface area contributed by atoms with Gasteiger partial charge in [-0.25, -0.2) is 4.98 Å². The molecule has 0 spiro atoms. The molecule has 1 heterocycles. The molecule has 1 aromatic heterocycles. The number of rotatable bonds is 8. The molecular formula is C11H18N4O3. The first-order valence-electron chi connectivity index (χ1n) is 5.98. The molecule has 0 bridgehead atoms. The van der Waals surface area contributed by atoms with Gasteiger partial charge in [-0.15, -0.1) is 0 Å². The van der Waals surface area contributed by atoms with Crippen molar-refractivity contribution in [2.45, 2.75) is 32.6 Å². The lowest BCUT2D eigenvalue weighted by Gasteiger charge is -2.13.